The van der Waals surface area contributed by atoms with Crippen molar-refractivity contribution < 1.29 is 23.1 Å². The molecule has 2 rings (SSSR count). The van der Waals surface area contributed by atoms with Gasteiger partial charge in [-0.1, -0.05) is 35.3 Å². The molecule has 9 heteroatoms. The first-order valence-corrected chi connectivity index (χ1v) is 9.79. The lowest BCUT2D eigenvalue weighted by Crippen LogP contribution is -2.14. The number of rotatable bonds is 6. The molecule has 0 saturated heterocycles. The topological polar surface area (TPSA) is 101 Å². The third-order valence-electron chi connectivity index (χ3n) is 3.53. The molecule has 0 aliphatic rings. The van der Waals surface area contributed by atoms with Crippen LogP contribution in [0.4, 0.5) is 5.69 Å². The lowest BCUT2D eigenvalue weighted by atomic mass is 10.1. The summed E-state index contributed by atoms with van der Waals surface area (Å²) in [6, 6.07) is 8.39. The van der Waals surface area contributed by atoms with E-state index in [1.165, 1.54) is 36.4 Å². The molecule has 0 fully saturated rings. The molecular formula is C18H15Cl2NO5S. The maximum atomic E-state index is 12.6. The first kappa shape index (κ1) is 21.0. The number of Topliss-reactive ketones (excluding diaryl/α,β-unsaturated/α-hetero) is 1. The van der Waals surface area contributed by atoms with Crippen LogP contribution in [0.15, 0.2) is 47.4 Å². The number of benzene rings is 2. The molecule has 0 aliphatic carbocycles. The van der Waals surface area contributed by atoms with Crippen LogP contribution in [-0.4, -0.2) is 25.1 Å². The Labute approximate surface area is 166 Å². The molecular weight excluding hydrogens is 413 g/mol. The number of aliphatic hydroxyl groups excluding tert-OH is 1. The van der Waals surface area contributed by atoms with E-state index in [1.54, 1.807) is 6.92 Å². The number of nitrogens with one attached hydrogen (secondary N) is 1. The van der Waals surface area contributed by atoms with Crippen molar-refractivity contribution >= 4 is 56.2 Å². The van der Waals surface area contributed by atoms with E-state index < -0.39 is 27.3 Å². The summed E-state index contributed by atoms with van der Waals surface area (Å²) in [5.41, 5.74) is 0.827. The van der Waals surface area contributed by atoms with Crippen molar-refractivity contribution in [2.24, 2.45) is 0 Å². The van der Waals surface area contributed by atoms with E-state index in [-0.39, 0.29) is 21.2 Å². The normalized spacial score (nSPS) is 11.9. The number of anilines is 1. The molecule has 0 aromatic heterocycles. The van der Waals surface area contributed by atoms with Crippen LogP contribution in [0.2, 0.25) is 10.0 Å². The average molecular weight is 428 g/mol. The van der Waals surface area contributed by atoms with Gasteiger partial charge in [-0.3, -0.25) is 14.3 Å². The van der Waals surface area contributed by atoms with E-state index in [4.69, 9.17) is 23.2 Å². The van der Waals surface area contributed by atoms with E-state index in [9.17, 15) is 23.1 Å². The molecule has 2 N–H and O–H groups in total. The minimum absolute atomic E-state index is 0.0379. The van der Waals surface area contributed by atoms with Crippen molar-refractivity contribution in [3.63, 3.8) is 0 Å². The molecule has 2 aromatic carbocycles. The van der Waals surface area contributed by atoms with Gasteiger partial charge in [-0.15, -0.1) is 0 Å². The molecule has 0 atom stereocenters. The SMILES string of the molecule is CC(=O)C(=O)C=C(O)c1cccc(NS(=O)(=O)c2cc(C)c(Cl)cc2Cl)c1. The number of carbonyl (C=O) groups excluding carboxylic acids is 2. The molecule has 0 spiro atoms. The standard InChI is InChI=1S/C18H15Cl2NO5S/c1-10-6-18(15(20)8-14(10)19)27(25,26)21-13-5-3-4-12(7-13)17(24)9-16(23)11(2)22/h3-9,21,24H,1-2H3. The molecule has 0 radical (unpaired) electrons. The van der Waals surface area contributed by atoms with E-state index in [2.05, 4.69) is 4.72 Å². The van der Waals surface area contributed by atoms with Crippen LogP contribution < -0.4 is 4.72 Å². The van der Waals surface area contributed by atoms with Gasteiger partial charge in [-0.05, 0) is 36.8 Å². The first-order chi connectivity index (χ1) is 12.5. The van der Waals surface area contributed by atoms with Gasteiger partial charge in [0.1, 0.15) is 10.7 Å². The fourth-order valence-electron chi connectivity index (χ4n) is 2.10. The van der Waals surface area contributed by atoms with Crippen LogP contribution in [0.3, 0.4) is 0 Å². The van der Waals surface area contributed by atoms with E-state index >= 15 is 0 Å². The lowest BCUT2D eigenvalue weighted by Gasteiger charge is -2.12. The Morgan fingerprint density at radius 1 is 1.11 bits per heavy atom. The van der Waals surface area contributed by atoms with Crippen LogP contribution in [0.1, 0.15) is 18.1 Å². The number of allylic oxidation sites excluding steroid dienone is 1. The summed E-state index contributed by atoms with van der Waals surface area (Å²) in [6.45, 7) is 2.72. The average Bonchev–Trinajstić information content (AvgIpc) is 2.57. The molecule has 142 valence electrons. The largest absolute Gasteiger partial charge is 0.507 e. The van der Waals surface area contributed by atoms with Gasteiger partial charge < -0.3 is 5.11 Å². The number of hydrogen-bond acceptors (Lipinski definition) is 5. The summed E-state index contributed by atoms with van der Waals surface area (Å²) in [7, 11) is -4.02. The third-order valence-corrected chi connectivity index (χ3v) is 5.78. The molecule has 27 heavy (non-hydrogen) atoms. The Kier molecular flexibility index (Phi) is 6.30. The molecule has 0 aliphatic heterocycles. The number of aliphatic hydroxyl groups is 1. The molecule has 0 heterocycles. The third kappa shape index (κ3) is 5.09. The molecule has 0 bridgehead atoms. The van der Waals surface area contributed by atoms with Crippen LogP contribution in [0.5, 0.6) is 0 Å². The van der Waals surface area contributed by atoms with Crippen LogP contribution in [0.25, 0.3) is 5.76 Å². The predicted molar refractivity (Wildman–Crippen MR) is 105 cm³/mol. The van der Waals surface area contributed by atoms with Crippen molar-refractivity contribution in [3.8, 4) is 0 Å². The van der Waals surface area contributed by atoms with Crippen molar-refractivity contribution in [1.82, 2.24) is 0 Å². The van der Waals surface area contributed by atoms with Crippen LogP contribution in [0, 0.1) is 6.92 Å². The predicted octanol–water partition coefficient (Wildman–Crippen LogP) is 4.16. The second-order valence-corrected chi connectivity index (χ2v) is 8.13. The molecule has 2 aromatic rings. The number of hydrogen-bond donors (Lipinski definition) is 2. The number of carbonyl (C=O) groups is 2. The maximum absolute atomic E-state index is 12.6. The van der Waals surface area contributed by atoms with Crippen molar-refractivity contribution in [1.29, 1.82) is 0 Å². The Bertz CT molecular complexity index is 1060. The molecule has 6 nitrogen and oxygen atoms in total. The van der Waals surface area contributed by atoms with Gasteiger partial charge in [-0.2, -0.15) is 0 Å². The molecule has 0 unspecified atom stereocenters. The highest BCUT2D eigenvalue weighted by Gasteiger charge is 2.20. The highest BCUT2D eigenvalue weighted by Crippen LogP contribution is 2.30. The monoisotopic (exact) mass is 427 g/mol. The van der Waals surface area contributed by atoms with Crippen molar-refractivity contribution in [2.75, 3.05) is 4.72 Å². The Morgan fingerprint density at radius 2 is 1.78 bits per heavy atom. The maximum Gasteiger partial charge on any atom is 0.263 e. The first-order valence-electron chi connectivity index (χ1n) is 7.55. The highest BCUT2D eigenvalue weighted by molar-refractivity contribution is 7.92. The van der Waals surface area contributed by atoms with Gasteiger partial charge in [-0.25, -0.2) is 8.42 Å². The molecule has 0 amide bonds. The summed E-state index contributed by atoms with van der Waals surface area (Å²) in [5.74, 6) is -2.07. The zero-order chi connectivity index (χ0) is 20.4. The zero-order valence-electron chi connectivity index (χ0n) is 14.3. The quantitative estimate of drug-likeness (QED) is 0.409. The lowest BCUT2D eigenvalue weighted by molar-refractivity contribution is -0.132. The number of ketones is 2. The van der Waals surface area contributed by atoms with Gasteiger partial charge in [0.05, 0.1) is 5.02 Å². The van der Waals surface area contributed by atoms with Crippen molar-refractivity contribution in [2.45, 2.75) is 18.7 Å². The fraction of sp³-hybridized carbons (Fsp3) is 0.111. The highest BCUT2D eigenvalue weighted by atomic mass is 35.5. The smallest absolute Gasteiger partial charge is 0.263 e. The minimum atomic E-state index is -4.02. The zero-order valence-corrected chi connectivity index (χ0v) is 16.6. The summed E-state index contributed by atoms with van der Waals surface area (Å²) >= 11 is 11.9. The fourth-order valence-corrected chi connectivity index (χ4v) is 3.98. The minimum Gasteiger partial charge on any atom is -0.507 e. The van der Waals surface area contributed by atoms with Crippen LogP contribution in [-0.2, 0) is 19.6 Å². The van der Waals surface area contributed by atoms with E-state index in [1.807, 2.05) is 0 Å². The Morgan fingerprint density at radius 3 is 2.41 bits per heavy atom. The van der Waals surface area contributed by atoms with Gasteiger partial charge in [0.25, 0.3) is 10.0 Å². The van der Waals surface area contributed by atoms with Gasteiger partial charge in [0.2, 0.25) is 5.78 Å². The Balaban J connectivity index is 2.37. The number of sulfonamides is 1. The van der Waals surface area contributed by atoms with E-state index in [0.717, 1.165) is 13.0 Å². The second kappa shape index (κ2) is 8.12. The van der Waals surface area contributed by atoms with Crippen molar-refractivity contribution in [3.05, 3.63) is 63.6 Å². The summed E-state index contributed by atoms with van der Waals surface area (Å²) in [4.78, 5) is 22.2. The second-order valence-electron chi connectivity index (χ2n) is 5.67. The van der Waals surface area contributed by atoms with Gasteiger partial charge in [0.15, 0.2) is 5.78 Å². The Hall–Kier alpha value is -2.35. The number of halogens is 2. The summed E-state index contributed by atoms with van der Waals surface area (Å²) in [6.07, 6.45) is 0.773. The van der Waals surface area contributed by atoms with Gasteiger partial charge >= 0.3 is 0 Å². The van der Waals surface area contributed by atoms with E-state index in [0.29, 0.717) is 10.6 Å². The van der Waals surface area contributed by atoms with Gasteiger partial charge in [0, 0.05) is 29.3 Å². The van der Waals surface area contributed by atoms with Crippen LogP contribution >= 0.6 is 23.2 Å². The summed E-state index contributed by atoms with van der Waals surface area (Å²) in [5, 5.41) is 10.3. The number of aryl methyl sites for hydroxylation is 1. The summed E-state index contributed by atoms with van der Waals surface area (Å²) < 4.78 is 27.6. The molecule has 0 saturated carbocycles.